The van der Waals surface area contributed by atoms with Gasteiger partial charge in [-0.05, 0) is 24.1 Å². The van der Waals surface area contributed by atoms with E-state index in [-0.39, 0.29) is 0 Å². The zero-order valence-electron chi connectivity index (χ0n) is 14.0. The topological polar surface area (TPSA) is 66.4 Å². The molecule has 8 heteroatoms. The summed E-state index contributed by atoms with van der Waals surface area (Å²) in [5, 5.41) is 1.06. The van der Waals surface area contributed by atoms with Crippen LogP contribution in [0.5, 0.6) is 0 Å². The molecule has 0 saturated carbocycles. The summed E-state index contributed by atoms with van der Waals surface area (Å²) >= 11 is 1.56. The third-order valence-corrected chi connectivity index (χ3v) is 7.37. The van der Waals surface area contributed by atoms with Crippen molar-refractivity contribution >= 4 is 37.4 Å². The van der Waals surface area contributed by atoms with E-state index in [0.717, 1.165) is 20.9 Å². The average molecular weight is 374 g/mol. The first-order valence-corrected chi connectivity index (χ1v) is 10.2. The van der Waals surface area contributed by atoms with Gasteiger partial charge in [-0.1, -0.05) is 18.2 Å². The lowest BCUT2D eigenvalue weighted by Gasteiger charge is -2.26. The maximum Gasteiger partial charge on any atom is 0.243 e. The van der Waals surface area contributed by atoms with Crippen LogP contribution in [0.4, 0.5) is 5.82 Å². The fourth-order valence-corrected chi connectivity index (χ4v) is 5.88. The highest BCUT2D eigenvalue weighted by Gasteiger charge is 2.31. The minimum absolute atomic E-state index is 0.341. The Balaban J connectivity index is 1.76. The Morgan fingerprint density at radius 2 is 1.92 bits per heavy atom. The lowest BCUT2D eigenvalue weighted by Crippen LogP contribution is -2.35. The second-order valence-corrected chi connectivity index (χ2v) is 9.20. The highest BCUT2D eigenvalue weighted by atomic mass is 32.2. The van der Waals surface area contributed by atoms with Crippen molar-refractivity contribution in [2.24, 2.45) is 0 Å². The van der Waals surface area contributed by atoms with Gasteiger partial charge in [-0.15, -0.1) is 11.3 Å². The number of fused-ring (bicyclic) bond motifs is 3. The molecule has 3 aromatic rings. The van der Waals surface area contributed by atoms with Gasteiger partial charge in [0, 0.05) is 32.1 Å². The van der Waals surface area contributed by atoms with Crippen LogP contribution in [0.3, 0.4) is 0 Å². The number of rotatable bonds is 3. The van der Waals surface area contributed by atoms with E-state index in [9.17, 15) is 8.42 Å². The average Bonchev–Trinajstić information content (AvgIpc) is 3.00. The van der Waals surface area contributed by atoms with Crippen LogP contribution in [-0.4, -0.2) is 43.3 Å². The van der Waals surface area contributed by atoms with Crippen LogP contribution < -0.4 is 4.90 Å². The quantitative estimate of drug-likeness (QED) is 0.705. The highest BCUT2D eigenvalue weighted by molar-refractivity contribution is 7.89. The predicted molar refractivity (Wildman–Crippen MR) is 99.5 cm³/mol. The van der Waals surface area contributed by atoms with Gasteiger partial charge in [-0.3, -0.25) is 0 Å². The van der Waals surface area contributed by atoms with E-state index in [4.69, 9.17) is 0 Å². The molecule has 0 N–H and O–H groups in total. The fraction of sp³-hybridized carbons (Fsp3) is 0.294. The molecule has 0 spiro atoms. The Bertz CT molecular complexity index is 1030. The van der Waals surface area contributed by atoms with Crippen molar-refractivity contribution < 1.29 is 8.42 Å². The smallest absolute Gasteiger partial charge is 0.243 e. The summed E-state index contributed by atoms with van der Waals surface area (Å²) < 4.78 is 27.3. The van der Waals surface area contributed by atoms with Crippen LogP contribution in [0.1, 0.15) is 10.4 Å². The van der Waals surface area contributed by atoms with E-state index in [1.54, 1.807) is 46.2 Å². The molecular formula is C17H18N4O2S2. The normalized spacial score (nSPS) is 15.3. The molecule has 0 unspecified atom stereocenters. The summed E-state index contributed by atoms with van der Waals surface area (Å²) in [6.07, 6.45) is 2.24. The standard InChI is InChI=1S/C17H18N4O2S2/c1-20(2)16-15-13-8-9-21(10-14(13)24-17(15)19-11-18-16)25(22,23)12-6-4-3-5-7-12/h3-7,11H,8-10H2,1-2H3. The van der Waals surface area contributed by atoms with E-state index >= 15 is 0 Å². The number of sulfonamides is 1. The van der Waals surface area contributed by atoms with Crippen LogP contribution in [0.25, 0.3) is 10.2 Å². The number of nitrogens with zero attached hydrogens (tertiary/aromatic N) is 4. The Morgan fingerprint density at radius 1 is 1.16 bits per heavy atom. The second kappa shape index (κ2) is 6.05. The Morgan fingerprint density at radius 3 is 2.64 bits per heavy atom. The van der Waals surface area contributed by atoms with Gasteiger partial charge >= 0.3 is 0 Å². The van der Waals surface area contributed by atoms with Gasteiger partial charge in [-0.2, -0.15) is 4.31 Å². The fourth-order valence-electron chi connectivity index (χ4n) is 3.17. The van der Waals surface area contributed by atoms with Crippen molar-refractivity contribution in [1.29, 1.82) is 0 Å². The van der Waals surface area contributed by atoms with Crippen LogP contribution in [-0.2, 0) is 23.0 Å². The first-order valence-electron chi connectivity index (χ1n) is 7.96. The Hall–Kier alpha value is -2.03. The van der Waals surface area contributed by atoms with Gasteiger partial charge in [0.2, 0.25) is 10.0 Å². The molecule has 0 amide bonds. The maximum atomic E-state index is 12.9. The van der Waals surface area contributed by atoms with E-state index < -0.39 is 10.0 Å². The minimum atomic E-state index is -3.48. The summed E-state index contributed by atoms with van der Waals surface area (Å²) in [6, 6.07) is 8.61. The van der Waals surface area contributed by atoms with E-state index in [1.165, 1.54) is 5.56 Å². The molecule has 2 aromatic heterocycles. The molecular weight excluding hydrogens is 356 g/mol. The summed E-state index contributed by atoms with van der Waals surface area (Å²) in [4.78, 5) is 13.1. The maximum absolute atomic E-state index is 12.9. The monoisotopic (exact) mass is 374 g/mol. The molecule has 0 bridgehead atoms. The molecule has 0 aliphatic carbocycles. The molecule has 4 rings (SSSR count). The molecule has 3 heterocycles. The van der Waals surface area contributed by atoms with Crippen LogP contribution >= 0.6 is 11.3 Å². The number of hydrogen-bond donors (Lipinski definition) is 0. The van der Waals surface area contributed by atoms with Crippen molar-refractivity contribution in [2.45, 2.75) is 17.9 Å². The molecule has 130 valence electrons. The Kier molecular flexibility index (Phi) is 3.98. The zero-order chi connectivity index (χ0) is 17.6. The van der Waals surface area contributed by atoms with Gasteiger partial charge in [0.1, 0.15) is 17.0 Å². The number of aromatic nitrogens is 2. The first-order chi connectivity index (χ1) is 12.0. The minimum Gasteiger partial charge on any atom is -0.362 e. The molecule has 0 saturated heterocycles. The summed E-state index contributed by atoms with van der Waals surface area (Å²) in [6.45, 7) is 0.859. The van der Waals surface area contributed by atoms with E-state index in [1.807, 2.05) is 25.1 Å². The molecule has 25 heavy (non-hydrogen) atoms. The summed E-state index contributed by atoms with van der Waals surface area (Å²) in [7, 11) is 0.443. The predicted octanol–water partition coefficient (Wildman–Crippen LogP) is 2.50. The van der Waals surface area contributed by atoms with E-state index in [0.29, 0.717) is 24.4 Å². The van der Waals surface area contributed by atoms with Crippen molar-refractivity contribution in [3.8, 4) is 0 Å². The van der Waals surface area contributed by atoms with Crippen LogP contribution in [0, 0.1) is 0 Å². The number of thiophene rings is 1. The van der Waals surface area contributed by atoms with Gasteiger partial charge in [0.25, 0.3) is 0 Å². The van der Waals surface area contributed by atoms with Crippen LogP contribution in [0.2, 0.25) is 0 Å². The van der Waals surface area contributed by atoms with Gasteiger partial charge in [0.15, 0.2) is 0 Å². The van der Waals surface area contributed by atoms with Crippen molar-refractivity contribution in [3.05, 3.63) is 47.1 Å². The second-order valence-electron chi connectivity index (χ2n) is 6.18. The van der Waals surface area contributed by atoms with E-state index in [2.05, 4.69) is 9.97 Å². The highest BCUT2D eigenvalue weighted by Crippen LogP contribution is 2.38. The molecule has 0 fully saturated rings. The summed E-state index contributed by atoms with van der Waals surface area (Å²) in [5.74, 6) is 0.891. The number of hydrogen-bond acceptors (Lipinski definition) is 6. The molecule has 1 aliphatic heterocycles. The van der Waals surface area contributed by atoms with Crippen LogP contribution in [0.15, 0.2) is 41.6 Å². The molecule has 0 radical (unpaired) electrons. The molecule has 1 aromatic carbocycles. The van der Waals surface area contributed by atoms with Crippen molar-refractivity contribution in [2.75, 3.05) is 25.5 Å². The lowest BCUT2D eigenvalue weighted by molar-refractivity contribution is 0.396. The molecule has 6 nitrogen and oxygen atoms in total. The molecule has 1 aliphatic rings. The van der Waals surface area contributed by atoms with Gasteiger partial charge < -0.3 is 4.90 Å². The first kappa shape index (κ1) is 16.4. The van der Waals surface area contributed by atoms with Crippen molar-refractivity contribution in [1.82, 2.24) is 14.3 Å². The molecule has 0 atom stereocenters. The third-order valence-electron chi connectivity index (χ3n) is 4.39. The van der Waals surface area contributed by atoms with Gasteiger partial charge in [0.05, 0.1) is 10.3 Å². The SMILES string of the molecule is CN(C)c1ncnc2sc3c(c12)CCN(S(=O)(=O)c1ccccc1)C3. The number of anilines is 1. The Labute approximate surface area is 150 Å². The largest absolute Gasteiger partial charge is 0.362 e. The third kappa shape index (κ3) is 2.70. The van der Waals surface area contributed by atoms with Crippen molar-refractivity contribution in [3.63, 3.8) is 0 Å². The van der Waals surface area contributed by atoms with Gasteiger partial charge in [-0.25, -0.2) is 18.4 Å². The number of benzene rings is 1. The lowest BCUT2D eigenvalue weighted by atomic mass is 10.1. The summed E-state index contributed by atoms with van der Waals surface area (Å²) in [5.41, 5.74) is 1.18. The zero-order valence-corrected chi connectivity index (χ0v) is 15.6.